The van der Waals surface area contributed by atoms with Gasteiger partial charge in [0.25, 0.3) is 0 Å². The fraction of sp³-hybridized carbons (Fsp3) is 0.500. The van der Waals surface area contributed by atoms with Gasteiger partial charge in [0.2, 0.25) is 0 Å². The third-order valence-electron chi connectivity index (χ3n) is 0. The van der Waals surface area contributed by atoms with Crippen LogP contribution in [-0.4, -0.2) is 11.9 Å². The van der Waals surface area contributed by atoms with Crippen LogP contribution in [0.15, 0.2) is 0 Å². The van der Waals surface area contributed by atoms with Crippen molar-refractivity contribution in [3.8, 4) is 0 Å². The molecule has 0 aliphatic carbocycles. The smallest absolute Gasteiger partial charge is 0.550 e. The van der Waals surface area contributed by atoms with Crippen LogP contribution >= 0.6 is 0 Å². The van der Waals surface area contributed by atoms with Gasteiger partial charge in [-0.25, -0.2) is 0 Å². The van der Waals surface area contributed by atoms with E-state index in [1.165, 1.54) is 0 Å². The second-order valence-corrected chi connectivity index (χ2v) is 0.983. The predicted molar refractivity (Wildman–Crippen MR) is 21.4 cm³/mol. The Hall–Kier alpha value is 0.00494. The fourth-order valence-electron chi connectivity index (χ4n) is 0. The monoisotopic (exact) mass is 222 g/mol. The van der Waals surface area contributed by atoms with Gasteiger partial charge in [0, 0.05) is 11.9 Å². The minimum absolute atomic E-state index is 0. The van der Waals surface area contributed by atoms with Crippen molar-refractivity contribution in [2.45, 2.75) is 13.8 Å². The van der Waals surface area contributed by atoms with Gasteiger partial charge >= 0.3 is 34.7 Å². The average Bonchev–Trinajstić information content (AvgIpc) is 1.25. The molecule has 0 fully saturated rings. The summed E-state index contributed by atoms with van der Waals surface area (Å²) in [6.07, 6.45) is 0. The first kappa shape index (κ1) is 22.5. The minimum Gasteiger partial charge on any atom is -0.550 e. The summed E-state index contributed by atoms with van der Waals surface area (Å²) in [5.74, 6) is -2.17. The van der Waals surface area contributed by atoms with Crippen molar-refractivity contribution in [2.24, 2.45) is 0 Å². The van der Waals surface area contributed by atoms with Crippen LogP contribution in [0.25, 0.3) is 0 Å². The first-order valence-electron chi connectivity index (χ1n) is 1.82. The number of aliphatic carboxylic acids is 2. The van der Waals surface area contributed by atoms with Gasteiger partial charge in [0.05, 0.1) is 0 Å². The molecule has 2 radical (unpaired) electrons. The molecule has 0 aliphatic rings. The second kappa shape index (κ2) is 16.0. The maximum atomic E-state index is 8.89. The van der Waals surface area contributed by atoms with Crippen LogP contribution in [-0.2, 0) is 44.3 Å². The van der Waals surface area contributed by atoms with Crippen LogP contribution in [0.4, 0.5) is 0 Å². The molecule has 0 saturated carbocycles. The molecule has 0 atom stereocenters. The summed E-state index contributed by atoms with van der Waals surface area (Å²) in [6.45, 7) is 1.94. The number of carboxylic acid groups (broad SMARTS) is 2. The average molecular weight is 222 g/mol. The van der Waals surface area contributed by atoms with E-state index in [9.17, 15) is 0 Å². The molecular formula is C4H6Cr2O4+4. The largest absolute Gasteiger partial charge is 3.00 e. The van der Waals surface area contributed by atoms with E-state index in [0.717, 1.165) is 13.8 Å². The molecule has 0 N–H and O–H groups in total. The van der Waals surface area contributed by atoms with Crippen molar-refractivity contribution in [1.82, 2.24) is 0 Å². The molecule has 0 aromatic heterocycles. The molecule has 6 heteroatoms. The van der Waals surface area contributed by atoms with E-state index in [1.807, 2.05) is 0 Å². The minimum atomic E-state index is -1.08. The maximum Gasteiger partial charge on any atom is 3.00 e. The topological polar surface area (TPSA) is 80.3 Å². The second-order valence-electron chi connectivity index (χ2n) is 0.983. The summed E-state index contributed by atoms with van der Waals surface area (Å²) in [5.41, 5.74) is 0. The Balaban J connectivity index is -0.0000000300. The molecule has 10 heavy (non-hydrogen) atoms. The first-order chi connectivity index (χ1) is 3.46. The predicted octanol–water partition coefficient (Wildman–Crippen LogP) is -2.49. The quantitative estimate of drug-likeness (QED) is 0.454. The molecule has 0 bridgehead atoms. The summed E-state index contributed by atoms with van der Waals surface area (Å²) in [5, 5.41) is 17.8. The molecule has 0 unspecified atom stereocenters. The Morgan fingerprint density at radius 3 is 0.900 bits per heavy atom. The molecule has 0 rings (SSSR count). The van der Waals surface area contributed by atoms with Crippen LogP contribution in [0.3, 0.4) is 0 Å². The standard InChI is InChI=1S/2C2H4O2.2Cr/c2*1-2(3)4;;/h2*1H3,(H,3,4);;/q;;2*+3/p-2. The molecule has 0 aliphatic heterocycles. The third kappa shape index (κ3) is 16100000. The van der Waals surface area contributed by atoms with E-state index in [1.54, 1.807) is 0 Å². The van der Waals surface area contributed by atoms with Crippen molar-refractivity contribution < 1.29 is 54.5 Å². The number of carboxylic acids is 2. The number of carbonyl (C=O) groups excluding carboxylic acids is 2. The number of hydrogen-bond acceptors (Lipinski definition) is 4. The Morgan fingerprint density at radius 1 is 0.900 bits per heavy atom. The number of hydrogen-bond donors (Lipinski definition) is 0. The van der Waals surface area contributed by atoms with E-state index in [4.69, 9.17) is 19.8 Å². The van der Waals surface area contributed by atoms with Gasteiger partial charge in [-0.3, -0.25) is 0 Å². The van der Waals surface area contributed by atoms with E-state index >= 15 is 0 Å². The normalized spacial score (nSPS) is 5.00. The van der Waals surface area contributed by atoms with Gasteiger partial charge in [-0.15, -0.1) is 0 Å². The van der Waals surface area contributed by atoms with E-state index < -0.39 is 11.9 Å². The third-order valence-corrected chi connectivity index (χ3v) is 0. The van der Waals surface area contributed by atoms with Crippen LogP contribution in [0.5, 0.6) is 0 Å². The first-order valence-corrected chi connectivity index (χ1v) is 1.82. The molecule has 0 amide bonds. The fourth-order valence-corrected chi connectivity index (χ4v) is 0. The van der Waals surface area contributed by atoms with Crippen LogP contribution < -0.4 is 10.2 Å². The molecule has 0 aromatic rings. The Kier molecular flexibility index (Phi) is 36.0. The SMILES string of the molecule is CC(=O)[O-].CC(=O)[O-].[Cr+3].[Cr+3]. The Labute approximate surface area is 80.5 Å². The molecule has 0 saturated heterocycles. The molecule has 0 spiro atoms. The van der Waals surface area contributed by atoms with Crippen LogP contribution in [0.1, 0.15) is 13.8 Å². The molecule has 54 valence electrons. The molecular weight excluding hydrogens is 216 g/mol. The van der Waals surface area contributed by atoms with Gasteiger partial charge in [0.15, 0.2) is 0 Å². The Bertz CT molecular complexity index is 73.3. The summed E-state index contributed by atoms with van der Waals surface area (Å²) >= 11 is 0. The summed E-state index contributed by atoms with van der Waals surface area (Å²) in [7, 11) is 0. The van der Waals surface area contributed by atoms with Gasteiger partial charge in [-0.2, -0.15) is 0 Å². The van der Waals surface area contributed by atoms with E-state index in [0.29, 0.717) is 0 Å². The van der Waals surface area contributed by atoms with Crippen molar-refractivity contribution in [3.63, 3.8) is 0 Å². The maximum absolute atomic E-state index is 8.89. The summed E-state index contributed by atoms with van der Waals surface area (Å²) in [6, 6.07) is 0. The van der Waals surface area contributed by atoms with Crippen molar-refractivity contribution >= 4 is 11.9 Å². The summed E-state index contributed by atoms with van der Waals surface area (Å²) in [4.78, 5) is 17.8. The summed E-state index contributed by atoms with van der Waals surface area (Å²) < 4.78 is 0. The zero-order valence-corrected chi connectivity index (χ0v) is 8.00. The number of carbonyl (C=O) groups is 2. The van der Waals surface area contributed by atoms with E-state index in [2.05, 4.69) is 0 Å². The van der Waals surface area contributed by atoms with Gasteiger partial charge in [-0.05, 0) is 13.8 Å². The van der Waals surface area contributed by atoms with Crippen LogP contribution in [0.2, 0.25) is 0 Å². The van der Waals surface area contributed by atoms with Gasteiger partial charge in [-0.1, -0.05) is 0 Å². The van der Waals surface area contributed by atoms with Gasteiger partial charge < -0.3 is 19.8 Å². The zero-order valence-electron chi connectivity index (χ0n) is 5.45. The van der Waals surface area contributed by atoms with Gasteiger partial charge in [0.1, 0.15) is 0 Å². The van der Waals surface area contributed by atoms with Crippen LogP contribution in [0, 0.1) is 0 Å². The van der Waals surface area contributed by atoms with Crippen molar-refractivity contribution in [3.05, 3.63) is 0 Å². The van der Waals surface area contributed by atoms with Crippen molar-refractivity contribution in [2.75, 3.05) is 0 Å². The number of rotatable bonds is 0. The zero-order chi connectivity index (χ0) is 7.15. The molecule has 4 nitrogen and oxygen atoms in total. The Morgan fingerprint density at radius 2 is 0.900 bits per heavy atom. The van der Waals surface area contributed by atoms with Crippen molar-refractivity contribution in [1.29, 1.82) is 0 Å². The molecule has 0 aromatic carbocycles. The molecule has 0 heterocycles. The van der Waals surface area contributed by atoms with E-state index in [-0.39, 0.29) is 34.7 Å².